The van der Waals surface area contributed by atoms with Gasteiger partial charge >= 0.3 is 0 Å². The molecule has 2 aromatic rings. The fraction of sp³-hybridized carbons (Fsp3) is 0.409. The first-order valence-electron chi connectivity index (χ1n) is 9.72. The molecule has 4 N–H and O–H groups in total. The Morgan fingerprint density at radius 1 is 1.14 bits per heavy atom. The average Bonchev–Trinajstić information content (AvgIpc) is 2.74. The topological polar surface area (TPSA) is 80.9 Å². The maximum atomic E-state index is 6.14. The van der Waals surface area contributed by atoms with Crippen LogP contribution in [0.1, 0.15) is 31.4 Å². The molecule has 1 aliphatic heterocycles. The SMILES string of the molecule is COc1ccc(NC(N)=NCC2(NC(C)c3ccccc3)CCOCC2)cc1.I. The van der Waals surface area contributed by atoms with Crippen LogP contribution in [-0.4, -0.2) is 38.4 Å². The van der Waals surface area contributed by atoms with Gasteiger partial charge in [-0.15, -0.1) is 24.0 Å². The van der Waals surface area contributed by atoms with Crippen molar-refractivity contribution < 1.29 is 9.47 Å². The van der Waals surface area contributed by atoms with Crippen molar-refractivity contribution in [3.05, 3.63) is 60.2 Å². The molecule has 1 aliphatic rings. The lowest BCUT2D eigenvalue weighted by Gasteiger charge is -2.39. The van der Waals surface area contributed by atoms with E-state index in [1.54, 1.807) is 7.11 Å². The summed E-state index contributed by atoms with van der Waals surface area (Å²) in [6.07, 6.45) is 1.81. The molecule has 7 heteroatoms. The number of aliphatic imine (C=N–C) groups is 1. The smallest absolute Gasteiger partial charge is 0.193 e. The number of hydrogen-bond donors (Lipinski definition) is 3. The number of nitrogens with one attached hydrogen (secondary N) is 2. The molecule has 1 saturated heterocycles. The minimum absolute atomic E-state index is 0. The van der Waals surface area contributed by atoms with E-state index in [0.29, 0.717) is 12.5 Å². The first kappa shape index (κ1) is 23.4. The van der Waals surface area contributed by atoms with Crippen LogP contribution in [0.15, 0.2) is 59.6 Å². The van der Waals surface area contributed by atoms with Gasteiger partial charge in [-0.3, -0.25) is 4.99 Å². The van der Waals surface area contributed by atoms with Crippen molar-refractivity contribution in [2.24, 2.45) is 10.7 Å². The predicted octanol–water partition coefficient (Wildman–Crippen LogP) is 3.94. The fourth-order valence-electron chi connectivity index (χ4n) is 3.49. The van der Waals surface area contributed by atoms with Crippen molar-refractivity contribution in [1.82, 2.24) is 5.32 Å². The van der Waals surface area contributed by atoms with Crippen molar-refractivity contribution in [3.8, 4) is 5.75 Å². The molecule has 1 fully saturated rings. The summed E-state index contributed by atoms with van der Waals surface area (Å²) in [6, 6.07) is 18.3. The van der Waals surface area contributed by atoms with Gasteiger partial charge in [-0.1, -0.05) is 30.3 Å². The summed E-state index contributed by atoms with van der Waals surface area (Å²) in [6.45, 7) is 4.25. The third-order valence-corrected chi connectivity index (χ3v) is 5.19. The molecule has 1 unspecified atom stereocenters. The van der Waals surface area contributed by atoms with Crippen LogP contribution in [0.5, 0.6) is 5.75 Å². The van der Waals surface area contributed by atoms with Gasteiger partial charge < -0.3 is 25.8 Å². The van der Waals surface area contributed by atoms with Crippen molar-refractivity contribution in [1.29, 1.82) is 0 Å². The standard InChI is InChI=1S/C22H30N4O2.HI/c1-17(18-6-4-3-5-7-18)26-22(12-14-28-15-13-22)16-24-21(23)25-19-8-10-20(27-2)11-9-19;/h3-11,17,26H,12-16H2,1-2H3,(H3,23,24,25);1H. The van der Waals surface area contributed by atoms with Gasteiger partial charge in [0.05, 0.1) is 13.7 Å². The highest BCUT2D eigenvalue weighted by atomic mass is 127. The second-order valence-electron chi connectivity index (χ2n) is 7.22. The Bertz CT molecular complexity index is 762. The number of nitrogens with two attached hydrogens (primary N) is 1. The largest absolute Gasteiger partial charge is 0.497 e. The molecule has 29 heavy (non-hydrogen) atoms. The quantitative estimate of drug-likeness (QED) is 0.299. The van der Waals surface area contributed by atoms with E-state index in [1.165, 1.54) is 5.56 Å². The van der Waals surface area contributed by atoms with Gasteiger partial charge in [0.25, 0.3) is 0 Å². The Balaban J connectivity index is 0.00000300. The zero-order valence-electron chi connectivity index (χ0n) is 17.1. The summed E-state index contributed by atoms with van der Waals surface area (Å²) in [4.78, 5) is 4.64. The second-order valence-corrected chi connectivity index (χ2v) is 7.22. The van der Waals surface area contributed by atoms with Gasteiger partial charge in [-0.25, -0.2) is 0 Å². The molecule has 0 spiro atoms. The summed E-state index contributed by atoms with van der Waals surface area (Å²) < 4.78 is 10.8. The first-order chi connectivity index (χ1) is 13.6. The lowest BCUT2D eigenvalue weighted by atomic mass is 9.88. The Hall–Kier alpha value is -1.84. The molecule has 6 nitrogen and oxygen atoms in total. The molecule has 0 amide bonds. The third kappa shape index (κ3) is 6.87. The van der Waals surface area contributed by atoms with Crippen molar-refractivity contribution in [3.63, 3.8) is 0 Å². The van der Waals surface area contributed by atoms with Gasteiger partial charge in [-0.05, 0) is 49.6 Å². The van der Waals surface area contributed by atoms with Gasteiger partial charge in [0.2, 0.25) is 0 Å². The Morgan fingerprint density at radius 2 is 1.79 bits per heavy atom. The van der Waals surface area contributed by atoms with Crippen LogP contribution in [0.3, 0.4) is 0 Å². The summed E-state index contributed by atoms with van der Waals surface area (Å²) in [5.74, 6) is 1.21. The number of rotatable bonds is 7. The highest BCUT2D eigenvalue weighted by Gasteiger charge is 2.33. The van der Waals surface area contributed by atoms with E-state index in [2.05, 4.69) is 46.8 Å². The maximum absolute atomic E-state index is 6.14. The zero-order chi connectivity index (χ0) is 19.8. The van der Waals surface area contributed by atoms with Crippen molar-refractivity contribution in [2.75, 3.05) is 32.2 Å². The van der Waals surface area contributed by atoms with Crippen LogP contribution in [0.25, 0.3) is 0 Å². The number of halogens is 1. The minimum Gasteiger partial charge on any atom is -0.497 e. The van der Waals surface area contributed by atoms with Crippen molar-refractivity contribution in [2.45, 2.75) is 31.3 Å². The number of anilines is 1. The van der Waals surface area contributed by atoms with E-state index in [0.717, 1.165) is 37.5 Å². The highest BCUT2D eigenvalue weighted by Crippen LogP contribution is 2.26. The number of methoxy groups -OCH3 is 1. The zero-order valence-corrected chi connectivity index (χ0v) is 19.4. The molecule has 0 aromatic heterocycles. The first-order valence-corrected chi connectivity index (χ1v) is 9.72. The predicted molar refractivity (Wildman–Crippen MR) is 129 cm³/mol. The summed E-state index contributed by atoms with van der Waals surface area (Å²) in [5.41, 5.74) is 8.17. The van der Waals surface area contributed by atoms with E-state index < -0.39 is 0 Å². The fourth-order valence-corrected chi connectivity index (χ4v) is 3.49. The number of hydrogen-bond acceptors (Lipinski definition) is 4. The number of benzene rings is 2. The summed E-state index contributed by atoms with van der Waals surface area (Å²) in [7, 11) is 1.65. The van der Waals surface area contributed by atoms with Crippen molar-refractivity contribution >= 4 is 35.6 Å². The van der Waals surface area contributed by atoms with Crippen LogP contribution < -0.4 is 21.1 Å². The molecular weight excluding hydrogens is 479 g/mol. The highest BCUT2D eigenvalue weighted by molar-refractivity contribution is 14.0. The molecule has 1 heterocycles. The molecule has 0 bridgehead atoms. The molecule has 0 aliphatic carbocycles. The molecule has 158 valence electrons. The Morgan fingerprint density at radius 3 is 2.41 bits per heavy atom. The van der Waals surface area contributed by atoms with Gasteiger partial charge in [0.15, 0.2) is 5.96 Å². The van der Waals surface area contributed by atoms with E-state index in [-0.39, 0.29) is 35.6 Å². The molecule has 3 rings (SSSR count). The Kier molecular flexibility index (Phi) is 9.19. The minimum atomic E-state index is -0.125. The third-order valence-electron chi connectivity index (χ3n) is 5.19. The normalized spacial score (nSPS) is 17.1. The summed E-state index contributed by atoms with van der Waals surface area (Å²) >= 11 is 0. The van der Waals surface area contributed by atoms with Crippen LogP contribution in [0.2, 0.25) is 0 Å². The van der Waals surface area contributed by atoms with E-state index in [4.69, 9.17) is 15.2 Å². The van der Waals surface area contributed by atoms with Gasteiger partial charge in [-0.2, -0.15) is 0 Å². The number of guanidine groups is 1. The molecule has 0 radical (unpaired) electrons. The summed E-state index contributed by atoms with van der Waals surface area (Å²) in [5, 5.41) is 6.94. The van der Waals surface area contributed by atoms with Gasteiger partial charge in [0, 0.05) is 30.5 Å². The number of nitrogens with zero attached hydrogens (tertiary/aromatic N) is 1. The Labute approximate surface area is 190 Å². The van der Waals surface area contributed by atoms with Crippen LogP contribution in [-0.2, 0) is 4.74 Å². The van der Waals surface area contributed by atoms with Gasteiger partial charge in [0.1, 0.15) is 5.75 Å². The van der Waals surface area contributed by atoms with Crippen LogP contribution in [0, 0.1) is 0 Å². The number of ether oxygens (including phenoxy) is 2. The lowest BCUT2D eigenvalue weighted by Crippen LogP contribution is -2.53. The molecular formula is C22H31IN4O2. The van der Waals surface area contributed by atoms with Crippen LogP contribution >= 0.6 is 24.0 Å². The molecule has 1 atom stereocenters. The molecule has 0 saturated carbocycles. The average molecular weight is 510 g/mol. The molecule has 2 aromatic carbocycles. The van der Waals surface area contributed by atoms with Crippen LogP contribution in [0.4, 0.5) is 5.69 Å². The maximum Gasteiger partial charge on any atom is 0.193 e. The lowest BCUT2D eigenvalue weighted by molar-refractivity contribution is 0.0375. The second kappa shape index (κ2) is 11.4. The van der Waals surface area contributed by atoms with E-state index in [1.807, 2.05) is 30.3 Å². The van der Waals surface area contributed by atoms with E-state index >= 15 is 0 Å². The monoisotopic (exact) mass is 510 g/mol. The van der Waals surface area contributed by atoms with E-state index in [9.17, 15) is 0 Å².